The smallest absolute Gasteiger partial charge is 0.215 e. The molecule has 1 unspecified atom stereocenters. The monoisotopic (exact) mass is 262 g/mol. The third-order valence-corrected chi connectivity index (χ3v) is 5.26. The second kappa shape index (κ2) is 5.22. The fourth-order valence-corrected chi connectivity index (χ4v) is 4.49. The van der Waals surface area contributed by atoms with Gasteiger partial charge in [0.25, 0.3) is 0 Å². The second-order valence-corrected chi connectivity index (χ2v) is 7.16. The Morgan fingerprint density at radius 3 is 2.47 bits per heavy atom. The van der Waals surface area contributed by atoms with E-state index in [0.29, 0.717) is 13.1 Å². The minimum absolute atomic E-state index is 0.00920. The van der Waals surface area contributed by atoms with E-state index in [4.69, 9.17) is 4.74 Å². The lowest BCUT2D eigenvalue weighted by Gasteiger charge is -2.34. The van der Waals surface area contributed by atoms with Gasteiger partial charge < -0.3 is 10.1 Å². The maximum Gasteiger partial charge on any atom is 0.215 e. The Bertz CT molecular complexity index is 342. The number of hydrogen-bond acceptors (Lipinski definition) is 4. The molecule has 2 fully saturated rings. The van der Waals surface area contributed by atoms with E-state index in [2.05, 4.69) is 5.32 Å². The van der Waals surface area contributed by atoms with E-state index in [-0.39, 0.29) is 24.0 Å². The summed E-state index contributed by atoms with van der Waals surface area (Å²) in [4.78, 5) is 0. The lowest BCUT2D eigenvalue weighted by molar-refractivity contribution is -0.0441. The van der Waals surface area contributed by atoms with E-state index in [1.807, 2.05) is 13.8 Å². The normalized spacial score (nSPS) is 36.2. The molecule has 6 heteroatoms. The SMILES string of the molecule is C[C@@H]1CN(S(=O)(=O)CC2CCCN2)C[C@H](C)O1. The molecule has 0 bridgehead atoms. The summed E-state index contributed by atoms with van der Waals surface area (Å²) in [5.74, 6) is 0.229. The van der Waals surface area contributed by atoms with Gasteiger partial charge in [-0.2, -0.15) is 4.31 Å². The van der Waals surface area contributed by atoms with Crippen molar-refractivity contribution in [1.82, 2.24) is 9.62 Å². The number of hydrogen-bond donors (Lipinski definition) is 1. The van der Waals surface area contributed by atoms with Crippen LogP contribution in [0.4, 0.5) is 0 Å². The Kier molecular flexibility index (Phi) is 4.07. The summed E-state index contributed by atoms with van der Waals surface area (Å²) in [5.41, 5.74) is 0. The van der Waals surface area contributed by atoms with E-state index in [1.54, 1.807) is 4.31 Å². The summed E-state index contributed by atoms with van der Waals surface area (Å²) in [6.07, 6.45) is 2.03. The van der Waals surface area contributed by atoms with Crippen LogP contribution >= 0.6 is 0 Å². The lowest BCUT2D eigenvalue weighted by Crippen LogP contribution is -2.50. The van der Waals surface area contributed by atoms with Gasteiger partial charge in [0.2, 0.25) is 10.0 Å². The maximum atomic E-state index is 12.3. The Morgan fingerprint density at radius 1 is 1.29 bits per heavy atom. The van der Waals surface area contributed by atoms with Gasteiger partial charge in [0.15, 0.2) is 0 Å². The average Bonchev–Trinajstić information content (AvgIpc) is 2.68. The summed E-state index contributed by atoms with van der Waals surface area (Å²) >= 11 is 0. The summed E-state index contributed by atoms with van der Waals surface area (Å²) < 4.78 is 31.7. The first-order valence-electron chi connectivity index (χ1n) is 6.34. The molecule has 0 amide bonds. The van der Waals surface area contributed by atoms with Crippen LogP contribution in [0.5, 0.6) is 0 Å². The van der Waals surface area contributed by atoms with Crippen molar-refractivity contribution in [3.63, 3.8) is 0 Å². The van der Waals surface area contributed by atoms with Crippen molar-refractivity contribution < 1.29 is 13.2 Å². The van der Waals surface area contributed by atoms with Crippen molar-refractivity contribution in [2.45, 2.75) is 44.9 Å². The van der Waals surface area contributed by atoms with Crippen LogP contribution in [0.1, 0.15) is 26.7 Å². The molecular weight excluding hydrogens is 240 g/mol. The van der Waals surface area contributed by atoms with Crippen molar-refractivity contribution in [3.8, 4) is 0 Å². The minimum atomic E-state index is -3.14. The molecule has 100 valence electrons. The second-order valence-electron chi connectivity index (χ2n) is 5.15. The van der Waals surface area contributed by atoms with Crippen molar-refractivity contribution >= 4 is 10.0 Å². The Balaban J connectivity index is 1.98. The molecule has 0 spiro atoms. The fourth-order valence-electron chi connectivity index (χ4n) is 2.62. The number of nitrogens with one attached hydrogen (secondary N) is 1. The van der Waals surface area contributed by atoms with Gasteiger partial charge in [0.1, 0.15) is 0 Å². The number of ether oxygens (including phenoxy) is 1. The molecule has 0 radical (unpaired) electrons. The van der Waals surface area contributed by atoms with E-state index >= 15 is 0 Å². The third kappa shape index (κ3) is 3.40. The van der Waals surface area contributed by atoms with Crippen LogP contribution in [0.15, 0.2) is 0 Å². The molecule has 2 aliphatic heterocycles. The van der Waals surface area contributed by atoms with Crippen LogP contribution in [0.3, 0.4) is 0 Å². The van der Waals surface area contributed by atoms with Gasteiger partial charge in [-0.1, -0.05) is 0 Å². The Hall–Kier alpha value is -0.170. The van der Waals surface area contributed by atoms with Gasteiger partial charge in [0.05, 0.1) is 18.0 Å². The zero-order valence-electron chi connectivity index (χ0n) is 10.6. The molecule has 2 heterocycles. The van der Waals surface area contributed by atoms with E-state index in [9.17, 15) is 8.42 Å². The molecule has 3 atom stereocenters. The highest BCUT2D eigenvalue weighted by Crippen LogP contribution is 2.17. The van der Waals surface area contributed by atoms with Crippen LogP contribution in [-0.2, 0) is 14.8 Å². The van der Waals surface area contributed by atoms with Crippen molar-refractivity contribution in [2.24, 2.45) is 0 Å². The zero-order valence-corrected chi connectivity index (χ0v) is 11.4. The van der Waals surface area contributed by atoms with Crippen LogP contribution in [0, 0.1) is 0 Å². The summed E-state index contributed by atoms with van der Waals surface area (Å²) in [6, 6.07) is 0.133. The van der Waals surface area contributed by atoms with Crippen LogP contribution in [-0.4, -0.2) is 56.4 Å². The molecule has 2 rings (SSSR count). The molecule has 2 aliphatic rings. The molecule has 1 N–H and O–H groups in total. The van der Waals surface area contributed by atoms with E-state index in [0.717, 1.165) is 19.4 Å². The van der Waals surface area contributed by atoms with Gasteiger partial charge in [-0.15, -0.1) is 0 Å². The molecule has 2 saturated heterocycles. The van der Waals surface area contributed by atoms with Crippen molar-refractivity contribution in [2.75, 3.05) is 25.4 Å². The van der Waals surface area contributed by atoms with Crippen LogP contribution < -0.4 is 5.32 Å². The standard InChI is InChI=1S/C11H22N2O3S/c1-9-6-13(7-10(2)16-9)17(14,15)8-11-4-3-5-12-11/h9-12H,3-8H2,1-2H3/t9-,10+,11?. The molecule has 5 nitrogen and oxygen atoms in total. The third-order valence-electron chi connectivity index (χ3n) is 3.35. The van der Waals surface area contributed by atoms with E-state index < -0.39 is 10.0 Å². The number of morpholine rings is 1. The zero-order chi connectivity index (χ0) is 12.5. The summed E-state index contributed by atoms with van der Waals surface area (Å²) in [5, 5.41) is 3.24. The molecular formula is C11H22N2O3S. The highest BCUT2D eigenvalue weighted by Gasteiger charge is 2.33. The largest absolute Gasteiger partial charge is 0.373 e. The van der Waals surface area contributed by atoms with Gasteiger partial charge in [-0.05, 0) is 33.2 Å². The highest BCUT2D eigenvalue weighted by molar-refractivity contribution is 7.89. The van der Waals surface area contributed by atoms with Crippen molar-refractivity contribution in [1.29, 1.82) is 0 Å². The summed E-state index contributed by atoms with van der Waals surface area (Å²) in [7, 11) is -3.14. The first-order chi connectivity index (χ1) is 7.97. The maximum absolute atomic E-state index is 12.3. The van der Waals surface area contributed by atoms with Gasteiger partial charge in [0, 0.05) is 19.1 Å². The number of rotatable bonds is 3. The van der Waals surface area contributed by atoms with Gasteiger partial charge in [-0.25, -0.2) is 8.42 Å². The quantitative estimate of drug-likeness (QED) is 0.788. The first-order valence-corrected chi connectivity index (χ1v) is 7.95. The number of nitrogens with zero attached hydrogens (tertiary/aromatic N) is 1. The topological polar surface area (TPSA) is 58.6 Å². The first kappa shape index (κ1) is 13.3. The molecule has 0 aromatic carbocycles. The Labute approximate surface area is 104 Å². The number of sulfonamides is 1. The molecule has 0 aliphatic carbocycles. The van der Waals surface area contributed by atoms with Gasteiger partial charge in [-0.3, -0.25) is 0 Å². The molecule has 0 aromatic heterocycles. The molecule has 0 aromatic rings. The predicted molar refractivity (Wildman–Crippen MR) is 66.4 cm³/mol. The van der Waals surface area contributed by atoms with Crippen molar-refractivity contribution in [3.05, 3.63) is 0 Å². The highest BCUT2D eigenvalue weighted by atomic mass is 32.2. The minimum Gasteiger partial charge on any atom is -0.373 e. The molecule has 17 heavy (non-hydrogen) atoms. The molecule has 0 saturated carbocycles. The fraction of sp³-hybridized carbons (Fsp3) is 1.00. The van der Waals surface area contributed by atoms with Crippen LogP contribution in [0.25, 0.3) is 0 Å². The Morgan fingerprint density at radius 2 is 1.94 bits per heavy atom. The summed E-state index contributed by atoms with van der Waals surface area (Å²) in [6.45, 7) is 5.76. The van der Waals surface area contributed by atoms with Crippen LogP contribution in [0.2, 0.25) is 0 Å². The predicted octanol–water partition coefficient (Wildman–Crippen LogP) is 0.177. The van der Waals surface area contributed by atoms with Gasteiger partial charge >= 0.3 is 0 Å². The average molecular weight is 262 g/mol. The lowest BCUT2D eigenvalue weighted by atomic mass is 10.3. The van der Waals surface area contributed by atoms with E-state index in [1.165, 1.54) is 0 Å².